The van der Waals surface area contributed by atoms with E-state index in [0.29, 0.717) is 29.0 Å². The van der Waals surface area contributed by atoms with Crippen molar-refractivity contribution in [3.63, 3.8) is 0 Å². The minimum absolute atomic E-state index is 0.0534. The summed E-state index contributed by atoms with van der Waals surface area (Å²) in [7, 11) is 3.26. The predicted octanol–water partition coefficient (Wildman–Crippen LogP) is 2.97. The number of carbonyl (C=O) groups is 2. The van der Waals surface area contributed by atoms with E-state index in [0.717, 1.165) is 5.56 Å². The number of hydrogen-bond acceptors (Lipinski definition) is 4. The molecule has 0 saturated carbocycles. The highest BCUT2D eigenvalue weighted by Crippen LogP contribution is 2.21. The van der Waals surface area contributed by atoms with Gasteiger partial charge in [0.05, 0.1) is 25.2 Å². The Hall–Kier alpha value is -3.13. The van der Waals surface area contributed by atoms with Crippen LogP contribution in [-0.4, -0.2) is 30.7 Å². The Morgan fingerprint density at radius 2 is 1.84 bits per heavy atom. The van der Waals surface area contributed by atoms with Gasteiger partial charge in [-0.3, -0.25) is 9.59 Å². The van der Waals surface area contributed by atoms with Crippen molar-refractivity contribution in [2.45, 2.75) is 19.9 Å². The molecule has 0 aliphatic rings. The number of methoxy groups -OCH3 is 1. The molecule has 2 aromatic carbocycles. The number of rotatable bonds is 6. The SMILES string of the molecule is COc1ccc(C(C)=O)cc1CC(=O)N(C)Cc1ccc(C#N)cc1. The van der Waals surface area contributed by atoms with Crippen LogP contribution in [-0.2, 0) is 17.8 Å². The van der Waals surface area contributed by atoms with Gasteiger partial charge in [-0.05, 0) is 42.8 Å². The summed E-state index contributed by atoms with van der Waals surface area (Å²) in [5.41, 5.74) is 2.77. The maximum absolute atomic E-state index is 12.5. The number of ether oxygens (including phenoxy) is 1. The fraction of sp³-hybridized carbons (Fsp3) is 0.250. The van der Waals surface area contributed by atoms with Crippen LogP contribution in [0.25, 0.3) is 0 Å². The van der Waals surface area contributed by atoms with Crippen LogP contribution in [0.2, 0.25) is 0 Å². The quantitative estimate of drug-likeness (QED) is 0.761. The molecule has 1 amide bonds. The molecule has 5 nitrogen and oxygen atoms in total. The summed E-state index contributed by atoms with van der Waals surface area (Å²) in [5, 5.41) is 8.82. The fourth-order valence-corrected chi connectivity index (χ4v) is 2.48. The smallest absolute Gasteiger partial charge is 0.227 e. The minimum Gasteiger partial charge on any atom is -0.496 e. The maximum Gasteiger partial charge on any atom is 0.227 e. The highest BCUT2D eigenvalue weighted by molar-refractivity contribution is 5.94. The second-order valence-electron chi connectivity index (χ2n) is 5.82. The van der Waals surface area contributed by atoms with E-state index in [9.17, 15) is 9.59 Å². The van der Waals surface area contributed by atoms with Crippen molar-refractivity contribution < 1.29 is 14.3 Å². The van der Waals surface area contributed by atoms with E-state index >= 15 is 0 Å². The summed E-state index contributed by atoms with van der Waals surface area (Å²) < 4.78 is 5.29. The molecular formula is C20H20N2O3. The first-order valence-electron chi connectivity index (χ1n) is 7.85. The summed E-state index contributed by atoms with van der Waals surface area (Å²) in [6.07, 6.45) is 0.150. The van der Waals surface area contributed by atoms with E-state index in [1.165, 1.54) is 14.0 Å². The molecule has 5 heteroatoms. The molecule has 0 unspecified atom stereocenters. The Bertz CT molecular complexity index is 820. The molecule has 0 fully saturated rings. The summed E-state index contributed by atoms with van der Waals surface area (Å²) >= 11 is 0. The van der Waals surface area contributed by atoms with Crippen molar-refractivity contribution in [1.29, 1.82) is 5.26 Å². The normalized spacial score (nSPS) is 10.0. The number of benzene rings is 2. The maximum atomic E-state index is 12.5. The first-order chi connectivity index (χ1) is 11.9. The molecule has 0 heterocycles. The van der Waals surface area contributed by atoms with Crippen LogP contribution in [0.3, 0.4) is 0 Å². The molecule has 0 aromatic heterocycles. The van der Waals surface area contributed by atoms with Crippen LogP contribution in [0.1, 0.15) is 34.0 Å². The van der Waals surface area contributed by atoms with Gasteiger partial charge in [0.1, 0.15) is 5.75 Å². The van der Waals surface area contributed by atoms with Gasteiger partial charge in [0.2, 0.25) is 5.91 Å². The molecule has 0 N–H and O–H groups in total. The van der Waals surface area contributed by atoms with Crippen molar-refractivity contribution in [3.8, 4) is 11.8 Å². The van der Waals surface area contributed by atoms with Crippen LogP contribution in [0.4, 0.5) is 0 Å². The molecular weight excluding hydrogens is 316 g/mol. The third-order valence-electron chi connectivity index (χ3n) is 3.96. The van der Waals surface area contributed by atoms with Crippen LogP contribution in [0.15, 0.2) is 42.5 Å². The first kappa shape index (κ1) is 18.2. The Morgan fingerprint density at radius 1 is 1.16 bits per heavy atom. The van der Waals surface area contributed by atoms with Crippen molar-refractivity contribution >= 4 is 11.7 Å². The predicted molar refractivity (Wildman–Crippen MR) is 94.3 cm³/mol. The van der Waals surface area contributed by atoms with E-state index in [-0.39, 0.29) is 18.1 Å². The van der Waals surface area contributed by atoms with Crippen molar-refractivity contribution in [2.24, 2.45) is 0 Å². The molecule has 0 spiro atoms. The number of Topliss-reactive ketones (excluding diaryl/α,β-unsaturated/α-hetero) is 1. The average Bonchev–Trinajstić information content (AvgIpc) is 2.62. The monoisotopic (exact) mass is 336 g/mol. The molecule has 128 valence electrons. The van der Waals surface area contributed by atoms with Crippen LogP contribution >= 0.6 is 0 Å². The zero-order valence-corrected chi connectivity index (χ0v) is 14.6. The van der Waals surface area contributed by atoms with Gasteiger partial charge in [0, 0.05) is 24.7 Å². The van der Waals surface area contributed by atoms with Gasteiger partial charge in [0.15, 0.2) is 5.78 Å². The standard InChI is InChI=1S/C20H20N2O3/c1-14(23)17-8-9-19(25-3)18(10-17)11-20(24)22(2)13-16-6-4-15(12-21)5-7-16/h4-10H,11,13H2,1-3H3. The lowest BCUT2D eigenvalue weighted by Gasteiger charge is -2.18. The van der Waals surface area contributed by atoms with Crippen molar-refractivity contribution in [1.82, 2.24) is 4.90 Å². The van der Waals surface area contributed by atoms with Gasteiger partial charge < -0.3 is 9.64 Å². The number of nitrogens with zero attached hydrogens (tertiary/aromatic N) is 2. The second kappa shape index (κ2) is 8.11. The largest absolute Gasteiger partial charge is 0.496 e. The molecule has 0 saturated heterocycles. The Labute approximate surface area is 147 Å². The van der Waals surface area contributed by atoms with Crippen LogP contribution < -0.4 is 4.74 Å². The summed E-state index contributed by atoms with van der Waals surface area (Å²) in [6.45, 7) is 1.93. The van der Waals surface area contributed by atoms with Crippen molar-refractivity contribution in [3.05, 3.63) is 64.7 Å². The van der Waals surface area contributed by atoms with Gasteiger partial charge in [-0.15, -0.1) is 0 Å². The zero-order valence-electron chi connectivity index (χ0n) is 14.6. The van der Waals surface area contributed by atoms with E-state index in [1.807, 2.05) is 12.1 Å². The molecule has 0 aliphatic heterocycles. The molecule has 0 bridgehead atoms. The van der Waals surface area contributed by atoms with Crippen molar-refractivity contribution in [2.75, 3.05) is 14.2 Å². The number of amides is 1. The number of hydrogen-bond donors (Lipinski definition) is 0. The lowest BCUT2D eigenvalue weighted by molar-refractivity contribution is -0.129. The molecule has 2 rings (SSSR count). The molecule has 0 aliphatic carbocycles. The highest BCUT2D eigenvalue weighted by atomic mass is 16.5. The Morgan fingerprint density at radius 3 is 2.40 bits per heavy atom. The van der Waals surface area contributed by atoms with E-state index in [2.05, 4.69) is 6.07 Å². The third-order valence-corrected chi connectivity index (χ3v) is 3.96. The third kappa shape index (κ3) is 4.67. The van der Waals surface area contributed by atoms with Gasteiger partial charge in [-0.25, -0.2) is 0 Å². The zero-order chi connectivity index (χ0) is 18.4. The van der Waals surface area contributed by atoms with E-state index in [1.54, 1.807) is 42.3 Å². The van der Waals surface area contributed by atoms with Gasteiger partial charge in [-0.1, -0.05) is 12.1 Å². The van der Waals surface area contributed by atoms with Crippen LogP contribution in [0.5, 0.6) is 5.75 Å². The van der Waals surface area contributed by atoms with E-state index < -0.39 is 0 Å². The summed E-state index contributed by atoms with van der Waals surface area (Å²) in [6, 6.07) is 14.3. The topological polar surface area (TPSA) is 70.4 Å². The number of likely N-dealkylation sites (N-methyl/N-ethyl adjacent to an activating group) is 1. The minimum atomic E-state index is -0.0802. The molecule has 0 atom stereocenters. The lowest BCUT2D eigenvalue weighted by Crippen LogP contribution is -2.27. The lowest BCUT2D eigenvalue weighted by atomic mass is 10.0. The highest BCUT2D eigenvalue weighted by Gasteiger charge is 2.15. The average molecular weight is 336 g/mol. The summed E-state index contributed by atoms with van der Waals surface area (Å²) in [4.78, 5) is 25.7. The number of nitriles is 1. The van der Waals surface area contributed by atoms with Gasteiger partial charge in [0.25, 0.3) is 0 Å². The van der Waals surface area contributed by atoms with Gasteiger partial charge >= 0.3 is 0 Å². The Balaban J connectivity index is 2.11. The number of ketones is 1. The summed E-state index contributed by atoms with van der Waals surface area (Å²) in [5.74, 6) is 0.454. The van der Waals surface area contributed by atoms with Crippen LogP contribution in [0, 0.1) is 11.3 Å². The first-order valence-corrected chi connectivity index (χ1v) is 7.85. The molecule has 2 aromatic rings. The molecule has 25 heavy (non-hydrogen) atoms. The second-order valence-corrected chi connectivity index (χ2v) is 5.82. The number of carbonyl (C=O) groups excluding carboxylic acids is 2. The van der Waals surface area contributed by atoms with Gasteiger partial charge in [-0.2, -0.15) is 5.26 Å². The fourth-order valence-electron chi connectivity index (χ4n) is 2.48. The molecule has 0 radical (unpaired) electrons. The van der Waals surface area contributed by atoms with E-state index in [4.69, 9.17) is 10.00 Å². The Kier molecular flexibility index (Phi) is 5.91.